The fraction of sp³-hybridized carbons (Fsp3) is 0.269. The van der Waals surface area contributed by atoms with Crippen LogP contribution in [0, 0.1) is 5.92 Å². The van der Waals surface area contributed by atoms with E-state index in [-0.39, 0.29) is 17.0 Å². The summed E-state index contributed by atoms with van der Waals surface area (Å²) < 4.78 is 7.27. The van der Waals surface area contributed by atoms with Crippen molar-refractivity contribution in [1.82, 2.24) is 9.78 Å². The molecule has 2 heterocycles. The fourth-order valence-electron chi connectivity index (χ4n) is 3.79. The molecule has 7 nitrogen and oxygen atoms in total. The molecule has 4 aromatic rings. The van der Waals surface area contributed by atoms with Crippen molar-refractivity contribution in [2.45, 2.75) is 40.2 Å². The Kier molecular flexibility index (Phi) is 6.31. The highest BCUT2D eigenvalue weighted by Crippen LogP contribution is 2.33. The van der Waals surface area contributed by atoms with Crippen LogP contribution in [0.25, 0.3) is 22.2 Å². The summed E-state index contributed by atoms with van der Waals surface area (Å²) in [6.07, 6.45) is 3.58. The van der Waals surface area contributed by atoms with Gasteiger partial charge in [0.15, 0.2) is 11.4 Å². The van der Waals surface area contributed by atoms with Crippen molar-refractivity contribution >= 4 is 22.6 Å². The molecule has 170 valence electrons. The van der Waals surface area contributed by atoms with E-state index in [2.05, 4.69) is 24.3 Å². The molecule has 0 fully saturated rings. The largest absolute Gasteiger partial charge is 0.505 e. The number of hydrogen-bond acceptors (Lipinski definition) is 5. The Morgan fingerprint density at radius 1 is 1.18 bits per heavy atom. The monoisotopic (exact) mass is 445 g/mol. The summed E-state index contributed by atoms with van der Waals surface area (Å²) >= 11 is 0. The molecule has 0 spiro atoms. The Bertz CT molecular complexity index is 1370. The number of carbonyl (C=O) groups excluding carboxylic acids is 1. The third-order valence-corrected chi connectivity index (χ3v) is 5.63. The summed E-state index contributed by atoms with van der Waals surface area (Å²) in [4.78, 5) is 25.4. The zero-order valence-corrected chi connectivity index (χ0v) is 19.0. The lowest BCUT2D eigenvalue weighted by Crippen LogP contribution is -2.18. The van der Waals surface area contributed by atoms with Gasteiger partial charge >= 0.3 is 5.63 Å². The third kappa shape index (κ3) is 4.67. The van der Waals surface area contributed by atoms with Gasteiger partial charge in [0.1, 0.15) is 5.58 Å². The smallest absolute Gasteiger partial charge is 0.364 e. The Morgan fingerprint density at radius 2 is 2.00 bits per heavy atom. The zero-order valence-electron chi connectivity index (χ0n) is 19.0. The number of anilines is 1. The van der Waals surface area contributed by atoms with Gasteiger partial charge in [-0.3, -0.25) is 9.48 Å². The highest BCUT2D eigenvalue weighted by molar-refractivity contribution is 6.06. The SMILES string of the molecule is CCn1nccc1-c1ccc2c(O)c(NC(=O)c3cccc(CCC(C)C)c3)c(=O)oc2c1. The van der Waals surface area contributed by atoms with Crippen LogP contribution in [-0.2, 0) is 13.0 Å². The van der Waals surface area contributed by atoms with Gasteiger partial charge in [-0.15, -0.1) is 0 Å². The normalized spacial score (nSPS) is 11.3. The molecule has 7 heteroatoms. The van der Waals surface area contributed by atoms with Gasteiger partial charge in [0.25, 0.3) is 5.91 Å². The number of nitrogens with one attached hydrogen (secondary N) is 1. The van der Waals surface area contributed by atoms with Crippen LogP contribution >= 0.6 is 0 Å². The number of aromatic nitrogens is 2. The van der Waals surface area contributed by atoms with E-state index in [1.165, 1.54) is 0 Å². The topological polar surface area (TPSA) is 97.4 Å². The summed E-state index contributed by atoms with van der Waals surface area (Å²) in [6.45, 7) is 6.98. The van der Waals surface area contributed by atoms with Gasteiger partial charge < -0.3 is 14.8 Å². The van der Waals surface area contributed by atoms with Gasteiger partial charge in [-0.2, -0.15) is 5.10 Å². The number of carbonyl (C=O) groups is 1. The van der Waals surface area contributed by atoms with Crippen LogP contribution in [0.5, 0.6) is 5.75 Å². The maximum atomic E-state index is 12.8. The molecule has 0 atom stereocenters. The van der Waals surface area contributed by atoms with Crippen molar-refractivity contribution in [2.75, 3.05) is 5.32 Å². The molecule has 0 saturated carbocycles. The molecule has 0 radical (unpaired) electrons. The molecule has 2 aromatic carbocycles. The zero-order chi connectivity index (χ0) is 23.5. The first-order chi connectivity index (χ1) is 15.9. The summed E-state index contributed by atoms with van der Waals surface area (Å²) in [5.41, 5.74) is 2.28. The van der Waals surface area contributed by atoms with Crippen molar-refractivity contribution in [3.8, 4) is 17.0 Å². The number of nitrogens with zero attached hydrogens (tertiary/aromatic N) is 2. The molecule has 0 saturated heterocycles. The minimum atomic E-state index is -0.814. The quantitative estimate of drug-likeness (QED) is 0.380. The second-order valence-corrected chi connectivity index (χ2v) is 8.44. The van der Waals surface area contributed by atoms with Crippen LogP contribution in [0.2, 0.25) is 0 Å². The molecular formula is C26H27N3O4. The first-order valence-corrected chi connectivity index (χ1v) is 11.1. The Hall–Kier alpha value is -3.87. The summed E-state index contributed by atoms with van der Waals surface area (Å²) in [5, 5.41) is 17.9. The minimum absolute atomic E-state index is 0.229. The molecule has 4 rings (SSSR count). The van der Waals surface area contributed by atoms with E-state index < -0.39 is 11.5 Å². The molecule has 0 aliphatic rings. The minimum Gasteiger partial charge on any atom is -0.505 e. The molecule has 2 N–H and O–H groups in total. The van der Waals surface area contributed by atoms with Gasteiger partial charge in [-0.05, 0) is 61.6 Å². The molecule has 0 aliphatic carbocycles. The van der Waals surface area contributed by atoms with E-state index in [9.17, 15) is 14.7 Å². The van der Waals surface area contributed by atoms with E-state index >= 15 is 0 Å². The van der Waals surface area contributed by atoms with E-state index in [0.717, 1.165) is 29.7 Å². The number of hydrogen-bond donors (Lipinski definition) is 2. The van der Waals surface area contributed by atoms with E-state index in [0.29, 0.717) is 23.4 Å². The Labute approximate surface area is 191 Å². The lowest BCUT2D eigenvalue weighted by molar-refractivity contribution is 0.102. The van der Waals surface area contributed by atoms with Gasteiger partial charge in [0.05, 0.1) is 11.1 Å². The van der Waals surface area contributed by atoms with Crippen molar-refractivity contribution in [3.05, 3.63) is 76.3 Å². The van der Waals surface area contributed by atoms with Crippen molar-refractivity contribution in [2.24, 2.45) is 5.92 Å². The van der Waals surface area contributed by atoms with E-state index in [1.54, 1.807) is 30.5 Å². The number of benzene rings is 2. The van der Waals surface area contributed by atoms with Gasteiger partial charge in [0.2, 0.25) is 0 Å². The Balaban J connectivity index is 1.63. The van der Waals surface area contributed by atoms with Gasteiger partial charge in [-0.1, -0.05) is 32.0 Å². The predicted molar refractivity (Wildman–Crippen MR) is 129 cm³/mol. The molecule has 2 aromatic heterocycles. The number of amides is 1. The summed E-state index contributed by atoms with van der Waals surface area (Å²) in [5.74, 6) is -0.238. The number of aromatic hydroxyl groups is 1. The van der Waals surface area contributed by atoms with Crippen molar-refractivity contribution < 1.29 is 14.3 Å². The first kappa shape index (κ1) is 22.3. The van der Waals surface area contributed by atoms with Crippen molar-refractivity contribution in [1.29, 1.82) is 0 Å². The number of aryl methyl sites for hydroxylation is 2. The molecular weight excluding hydrogens is 418 g/mol. The van der Waals surface area contributed by atoms with E-state index in [4.69, 9.17) is 4.42 Å². The molecule has 0 bridgehead atoms. The summed E-state index contributed by atoms with van der Waals surface area (Å²) in [6, 6.07) is 14.3. The predicted octanol–water partition coefficient (Wildman–Crippen LogP) is 5.22. The molecule has 0 aliphatic heterocycles. The van der Waals surface area contributed by atoms with Crippen LogP contribution in [0.1, 0.15) is 43.1 Å². The maximum absolute atomic E-state index is 12.8. The molecule has 1 amide bonds. The van der Waals surface area contributed by atoms with Crippen LogP contribution in [0.4, 0.5) is 5.69 Å². The second kappa shape index (κ2) is 9.32. The lowest BCUT2D eigenvalue weighted by Gasteiger charge is -2.11. The second-order valence-electron chi connectivity index (χ2n) is 8.44. The average molecular weight is 446 g/mol. The first-order valence-electron chi connectivity index (χ1n) is 11.1. The van der Waals surface area contributed by atoms with Gasteiger partial charge in [-0.25, -0.2) is 4.79 Å². The number of rotatable bonds is 7. The highest BCUT2D eigenvalue weighted by atomic mass is 16.4. The number of fused-ring (bicyclic) bond motifs is 1. The van der Waals surface area contributed by atoms with Crippen LogP contribution in [0.3, 0.4) is 0 Å². The van der Waals surface area contributed by atoms with Crippen molar-refractivity contribution in [3.63, 3.8) is 0 Å². The van der Waals surface area contributed by atoms with E-state index in [1.807, 2.05) is 35.9 Å². The van der Waals surface area contributed by atoms with Gasteiger partial charge in [0, 0.05) is 23.9 Å². The fourth-order valence-corrected chi connectivity index (χ4v) is 3.79. The average Bonchev–Trinajstić information content (AvgIpc) is 3.29. The lowest BCUT2D eigenvalue weighted by atomic mass is 10.0. The summed E-state index contributed by atoms with van der Waals surface area (Å²) in [7, 11) is 0. The van der Waals surface area contributed by atoms with Crippen LogP contribution in [-0.4, -0.2) is 20.8 Å². The highest BCUT2D eigenvalue weighted by Gasteiger charge is 2.18. The maximum Gasteiger partial charge on any atom is 0.364 e. The molecule has 33 heavy (non-hydrogen) atoms. The van der Waals surface area contributed by atoms with Crippen LogP contribution in [0.15, 0.2) is 63.9 Å². The van der Waals surface area contributed by atoms with Crippen LogP contribution < -0.4 is 10.9 Å². The Morgan fingerprint density at radius 3 is 2.76 bits per heavy atom. The third-order valence-electron chi connectivity index (χ3n) is 5.63. The molecule has 0 unspecified atom stereocenters. The standard InChI is InChI=1S/C26H27N3O4/c1-4-29-21(12-13-27-29)18-10-11-20-22(15-18)33-26(32)23(24(20)30)28-25(31)19-7-5-6-17(14-19)9-8-16(2)3/h5-7,10-16,30H,4,8-9H2,1-3H3,(H,28,31).